The lowest BCUT2D eigenvalue weighted by atomic mass is 9.95. The summed E-state index contributed by atoms with van der Waals surface area (Å²) in [4.78, 5) is 0. The smallest absolute Gasteiger partial charge is 0.0493 e. The molecule has 0 bridgehead atoms. The van der Waals surface area contributed by atoms with Crippen LogP contribution in [0.5, 0.6) is 0 Å². The van der Waals surface area contributed by atoms with E-state index >= 15 is 0 Å². The molecule has 158 valence electrons. The van der Waals surface area contributed by atoms with Gasteiger partial charge >= 0.3 is 0 Å². The Morgan fingerprint density at radius 2 is 1.41 bits per heavy atom. The molecule has 0 aliphatic heterocycles. The van der Waals surface area contributed by atoms with Gasteiger partial charge in [-0.3, -0.25) is 0 Å². The van der Waals surface area contributed by atoms with Crippen LogP contribution in [0.25, 0.3) is 22.5 Å². The summed E-state index contributed by atoms with van der Waals surface area (Å²) >= 11 is 0. The molecule has 0 amide bonds. The predicted molar refractivity (Wildman–Crippen MR) is 139 cm³/mol. The van der Waals surface area contributed by atoms with E-state index in [0.29, 0.717) is 0 Å². The molecule has 0 heterocycles. The summed E-state index contributed by atoms with van der Waals surface area (Å²) in [6.07, 6.45) is 8.97. The molecule has 1 N–H and O–H groups in total. The number of hydrogen-bond donors (Lipinski definition) is 1. The maximum Gasteiger partial charge on any atom is 0.0493 e. The molecule has 1 aliphatic carbocycles. The van der Waals surface area contributed by atoms with E-state index in [0.717, 1.165) is 52.1 Å². The van der Waals surface area contributed by atoms with Crippen molar-refractivity contribution in [2.45, 2.75) is 19.8 Å². The van der Waals surface area contributed by atoms with Crippen molar-refractivity contribution in [1.29, 1.82) is 0 Å². The van der Waals surface area contributed by atoms with Crippen LogP contribution in [0.15, 0.2) is 122 Å². The van der Waals surface area contributed by atoms with Crippen LogP contribution in [0.3, 0.4) is 0 Å². The van der Waals surface area contributed by atoms with Gasteiger partial charge in [0, 0.05) is 11.4 Å². The highest BCUT2D eigenvalue weighted by atomic mass is 14.9. The molecule has 0 radical (unpaired) electrons. The zero-order valence-electron chi connectivity index (χ0n) is 18.6. The van der Waals surface area contributed by atoms with Gasteiger partial charge in [-0.15, -0.1) is 0 Å². The number of rotatable bonds is 7. The minimum absolute atomic E-state index is 0.867. The summed E-state index contributed by atoms with van der Waals surface area (Å²) in [5, 5.41) is 3.62. The van der Waals surface area contributed by atoms with Crippen molar-refractivity contribution >= 4 is 22.5 Å². The molecule has 1 aliphatic rings. The number of benzene rings is 3. The van der Waals surface area contributed by atoms with E-state index in [1.807, 2.05) is 24.3 Å². The molecule has 0 saturated heterocycles. The average Bonchev–Trinajstić information content (AvgIpc) is 2.88. The van der Waals surface area contributed by atoms with E-state index in [2.05, 4.69) is 104 Å². The Kier molecular flexibility index (Phi) is 6.67. The summed E-state index contributed by atoms with van der Waals surface area (Å²) in [5.41, 5.74) is 9.78. The molecule has 0 spiro atoms. The van der Waals surface area contributed by atoms with Gasteiger partial charge in [0.15, 0.2) is 0 Å². The van der Waals surface area contributed by atoms with Gasteiger partial charge in [-0.25, -0.2) is 0 Å². The van der Waals surface area contributed by atoms with Crippen LogP contribution in [-0.4, -0.2) is 0 Å². The first-order valence-corrected chi connectivity index (χ1v) is 11.1. The third kappa shape index (κ3) is 4.90. The van der Waals surface area contributed by atoms with Crippen LogP contribution in [0.2, 0.25) is 0 Å². The van der Waals surface area contributed by atoms with Crippen LogP contribution in [0.4, 0.5) is 0 Å². The Balaban J connectivity index is 1.68. The standard InChI is InChI=1S/C31H29N/c1-23(26-14-7-4-8-15-26)24(2)31(28-18-11-6-12-19-28)32-25(3)29-20-13-21-30(22-29)27-16-9-5-10-17-27/h4,6-9,11-22,32H,1,3,5,10H2,2H3/b31-24-. The van der Waals surface area contributed by atoms with Crippen molar-refractivity contribution < 1.29 is 0 Å². The van der Waals surface area contributed by atoms with Crippen LogP contribution in [0.1, 0.15) is 42.0 Å². The number of nitrogens with one attached hydrogen (secondary N) is 1. The molecule has 1 nitrogen and oxygen atoms in total. The van der Waals surface area contributed by atoms with Crippen LogP contribution in [-0.2, 0) is 0 Å². The molecule has 0 fully saturated rings. The molecule has 3 aromatic rings. The van der Waals surface area contributed by atoms with Gasteiger partial charge in [0.2, 0.25) is 0 Å². The second kappa shape index (κ2) is 9.98. The topological polar surface area (TPSA) is 12.0 Å². The van der Waals surface area contributed by atoms with E-state index < -0.39 is 0 Å². The molecule has 0 unspecified atom stereocenters. The number of allylic oxidation sites excluding steroid dienone is 6. The van der Waals surface area contributed by atoms with Crippen LogP contribution in [0, 0.1) is 0 Å². The Morgan fingerprint density at radius 1 is 0.750 bits per heavy atom. The van der Waals surface area contributed by atoms with E-state index in [4.69, 9.17) is 0 Å². The Morgan fingerprint density at radius 3 is 2.06 bits per heavy atom. The quantitative estimate of drug-likeness (QED) is 0.384. The summed E-state index contributed by atoms with van der Waals surface area (Å²) in [6, 6.07) is 29.3. The Hall–Kier alpha value is -3.84. The molecule has 4 rings (SSSR count). The van der Waals surface area contributed by atoms with Gasteiger partial charge in [-0.05, 0) is 64.8 Å². The summed E-state index contributed by atoms with van der Waals surface area (Å²) in [6.45, 7) is 10.9. The third-order valence-corrected chi connectivity index (χ3v) is 5.83. The zero-order chi connectivity index (χ0) is 22.3. The summed E-state index contributed by atoms with van der Waals surface area (Å²) < 4.78 is 0. The summed E-state index contributed by atoms with van der Waals surface area (Å²) in [5.74, 6) is 0. The molecule has 3 aromatic carbocycles. The van der Waals surface area contributed by atoms with Gasteiger partial charge in [-0.2, -0.15) is 0 Å². The largest absolute Gasteiger partial charge is 0.355 e. The highest BCUT2D eigenvalue weighted by Crippen LogP contribution is 2.30. The van der Waals surface area contributed by atoms with Crippen molar-refractivity contribution in [1.82, 2.24) is 5.32 Å². The van der Waals surface area contributed by atoms with Crippen LogP contribution < -0.4 is 5.32 Å². The maximum absolute atomic E-state index is 4.38. The van der Waals surface area contributed by atoms with Crippen molar-refractivity contribution in [2.24, 2.45) is 0 Å². The lowest BCUT2D eigenvalue weighted by Gasteiger charge is -2.19. The average molecular weight is 416 g/mol. The highest BCUT2D eigenvalue weighted by molar-refractivity contribution is 5.90. The van der Waals surface area contributed by atoms with Gasteiger partial charge in [0.1, 0.15) is 0 Å². The second-order valence-electron chi connectivity index (χ2n) is 8.03. The Labute approximate surface area is 191 Å². The van der Waals surface area contributed by atoms with E-state index in [1.54, 1.807) is 0 Å². The number of hydrogen-bond acceptors (Lipinski definition) is 1. The first-order chi connectivity index (χ1) is 15.6. The summed E-state index contributed by atoms with van der Waals surface area (Å²) in [7, 11) is 0. The molecule has 0 aromatic heterocycles. The predicted octanol–water partition coefficient (Wildman–Crippen LogP) is 8.12. The van der Waals surface area contributed by atoms with Gasteiger partial charge in [-0.1, -0.05) is 110 Å². The third-order valence-electron chi connectivity index (χ3n) is 5.83. The lowest BCUT2D eigenvalue weighted by molar-refractivity contribution is 1.04. The Bertz CT molecular complexity index is 1210. The minimum atomic E-state index is 0.867. The molecule has 1 heteroatoms. The maximum atomic E-state index is 4.38. The lowest BCUT2D eigenvalue weighted by Crippen LogP contribution is -2.12. The second-order valence-corrected chi connectivity index (χ2v) is 8.03. The van der Waals surface area contributed by atoms with Gasteiger partial charge in [0.25, 0.3) is 0 Å². The van der Waals surface area contributed by atoms with E-state index in [9.17, 15) is 0 Å². The first kappa shape index (κ1) is 21.4. The van der Waals surface area contributed by atoms with Crippen molar-refractivity contribution in [2.75, 3.05) is 0 Å². The zero-order valence-corrected chi connectivity index (χ0v) is 18.6. The van der Waals surface area contributed by atoms with Crippen molar-refractivity contribution in [3.63, 3.8) is 0 Å². The van der Waals surface area contributed by atoms with E-state index in [-0.39, 0.29) is 0 Å². The molecule has 0 saturated carbocycles. The highest BCUT2D eigenvalue weighted by Gasteiger charge is 2.12. The first-order valence-electron chi connectivity index (χ1n) is 11.1. The SMILES string of the molecule is C=C(N/C(=C(/C)C(=C)c1ccccc1)c1ccccc1)c1cccc(C2=CCCC=C2)c1. The fraction of sp³-hybridized carbons (Fsp3) is 0.0968. The normalized spacial score (nSPS) is 13.7. The van der Waals surface area contributed by atoms with Gasteiger partial charge < -0.3 is 5.32 Å². The van der Waals surface area contributed by atoms with E-state index in [1.165, 1.54) is 11.1 Å². The molecular formula is C31H29N. The fourth-order valence-electron chi connectivity index (χ4n) is 3.93. The minimum Gasteiger partial charge on any atom is -0.355 e. The van der Waals surface area contributed by atoms with Gasteiger partial charge in [0.05, 0.1) is 0 Å². The molecule has 32 heavy (non-hydrogen) atoms. The van der Waals surface area contributed by atoms with Crippen molar-refractivity contribution in [3.05, 3.63) is 144 Å². The fourth-order valence-corrected chi connectivity index (χ4v) is 3.93. The molecule has 0 atom stereocenters. The van der Waals surface area contributed by atoms with Crippen molar-refractivity contribution in [3.8, 4) is 0 Å². The van der Waals surface area contributed by atoms with Crippen LogP contribution >= 0.6 is 0 Å². The monoisotopic (exact) mass is 415 g/mol. The molecular weight excluding hydrogens is 386 g/mol.